The summed E-state index contributed by atoms with van der Waals surface area (Å²) >= 11 is 0. The summed E-state index contributed by atoms with van der Waals surface area (Å²) in [7, 11) is 1.24. The van der Waals surface area contributed by atoms with Crippen LogP contribution in [0.2, 0.25) is 0 Å². The first kappa shape index (κ1) is 12.0. The van der Waals surface area contributed by atoms with Crippen LogP contribution in [-0.4, -0.2) is 18.9 Å². The third-order valence-corrected chi connectivity index (χ3v) is 1.97. The number of hydrogen-bond acceptors (Lipinski definition) is 4. The van der Waals surface area contributed by atoms with E-state index in [1.54, 1.807) is 12.1 Å². The number of rotatable bonds is 4. The predicted octanol–water partition coefficient (Wildman–Crippen LogP) is 1.12. The molecule has 0 amide bonds. The van der Waals surface area contributed by atoms with Crippen molar-refractivity contribution in [3.05, 3.63) is 42.0 Å². The molecule has 1 aromatic rings. The van der Waals surface area contributed by atoms with Crippen molar-refractivity contribution in [2.24, 2.45) is 5.73 Å². The zero-order chi connectivity index (χ0) is 12.0. The molecule has 4 heteroatoms. The molecule has 1 rings (SSSR count). The largest absolute Gasteiger partial charge is 0.469 e. The topological polar surface area (TPSA) is 69.4 Å². The van der Waals surface area contributed by atoms with Gasteiger partial charge in [-0.2, -0.15) is 0 Å². The van der Waals surface area contributed by atoms with Gasteiger partial charge in [-0.25, -0.2) is 0 Å². The van der Waals surface area contributed by atoms with Gasteiger partial charge in [0.1, 0.15) is 6.42 Å². The van der Waals surface area contributed by atoms with Crippen LogP contribution in [0.1, 0.15) is 12.0 Å². The van der Waals surface area contributed by atoms with E-state index in [4.69, 9.17) is 5.73 Å². The Balaban J connectivity index is 2.70. The van der Waals surface area contributed by atoms with Gasteiger partial charge in [0, 0.05) is 11.8 Å². The molecule has 0 atom stereocenters. The lowest BCUT2D eigenvalue weighted by atomic mass is 10.1. The summed E-state index contributed by atoms with van der Waals surface area (Å²) < 4.78 is 4.38. The van der Waals surface area contributed by atoms with E-state index in [0.717, 1.165) is 5.56 Å². The second-order valence-corrected chi connectivity index (χ2v) is 3.18. The number of benzene rings is 1. The maximum Gasteiger partial charge on any atom is 0.313 e. The van der Waals surface area contributed by atoms with Gasteiger partial charge in [0.2, 0.25) is 0 Å². The highest BCUT2D eigenvalue weighted by Gasteiger charge is 2.07. The molecule has 0 bridgehead atoms. The van der Waals surface area contributed by atoms with Crippen molar-refractivity contribution in [3.8, 4) is 0 Å². The molecule has 0 heterocycles. The first-order valence-corrected chi connectivity index (χ1v) is 4.75. The minimum Gasteiger partial charge on any atom is -0.469 e. The zero-order valence-corrected chi connectivity index (χ0v) is 8.97. The summed E-state index contributed by atoms with van der Waals surface area (Å²) in [5, 5.41) is 0. The first-order chi connectivity index (χ1) is 7.63. The number of ether oxygens (including phenoxy) is 1. The molecule has 84 valence electrons. The number of nitrogens with two attached hydrogens (primary N) is 1. The molecule has 0 aliphatic rings. The smallest absolute Gasteiger partial charge is 0.313 e. The molecule has 0 aliphatic heterocycles. The van der Waals surface area contributed by atoms with Gasteiger partial charge in [0.15, 0.2) is 5.78 Å². The van der Waals surface area contributed by atoms with Gasteiger partial charge >= 0.3 is 5.97 Å². The molecule has 16 heavy (non-hydrogen) atoms. The first-order valence-electron chi connectivity index (χ1n) is 4.75. The molecular weight excluding hydrogens is 206 g/mol. The SMILES string of the molecule is COC(=O)CC(=O)/C=C(\N)c1ccccc1. The third-order valence-electron chi connectivity index (χ3n) is 1.97. The fourth-order valence-corrected chi connectivity index (χ4v) is 1.15. The summed E-state index contributed by atoms with van der Waals surface area (Å²) in [5.41, 5.74) is 6.79. The molecule has 1 aromatic carbocycles. The Morgan fingerprint density at radius 2 is 1.94 bits per heavy atom. The molecular formula is C12H13NO3. The van der Waals surface area contributed by atoms with Gasteiger partial charge < -0.3 is 10.5 Å². The van der Waals surface area contributed by atoms with E-state index in [1.165, 1.54) is 13.2 Å². The van der Waals surface area contributed by atoms with Crippen LogP contribution in [0.25, 0.3) is 5.70 Å². The number of allylic oxidation sites excluding steroid dienone is 1. The highest BCUT2D eigenvalue weighted by molar-refractivity contribution is 6.05. The minimum atomic E-state index is -0.567. The number of carbonyl (C=O) groups is 2. The van der Waals surface area contributed by atoms with Crippen LogP contribution in [-0.2, 0) is 14.3 Å². The number of carbonyl (C=O) groups excluding carboxylic acids is 2. The zero-order valence-electron chi connectivity index (χ0n) is 8.97. The maximum absolute atomic E-state index is 11.3. The van der Waals surface area contributed by atoms with Crippen molar-refractivity contribution in [3.63, 3.8) is 0 Å². The summed E-state index contributed by atoms with van der Waals surface area (Å²) in [6.45, 7) is 0. The molecule has 0 fully saturated rings. The van der Waals surface area contributed by atoms with Gasteiger partial charge in [-0.3, -0.25) is 9.59 Å². The third kappa shape index (κ3) is 3.57. The minimum absolute atomic E-state index is 0.288. The predicted molar refractivity (Wildman–Crippen MR) is 60.2 cm³/mol. The number of hydrogen-bond donors (Lipinski definition) is 1. The fraction of sp³-hybridized carbons (Fsp3) is 0.167. The molecule has 0 saturated heterocycles. The Morgan fingerprint density at radius 1 is 1.31 bits per heavy atom. The average Bonchev–Trinajstić information content (AvgIpc) is 2.29. The van der Waals surface area contributed by atoms with E-state index in [9.17, 15) is 9.59 Å². The molecule has 0 radical (unpaired) electrons. The van der Waals surface area contributed by atoms with Gasteiger partial charge in [0.25, 0.3) is 0 Å². The van der Waals surface area contributed by atoms with E-state index in [2.05, 4.69) is 4.74 Å². The van der Waals surface area contributed by atoms with Crippen LogP contribution in [0, 0.1) is 0 Å². The fourth-order valence-electron chi connectivity index (χ4n) is 1.15. The normalized spacial score (nSPS) is 10.9. The Hall–Kier alpha value is -2.10. The van der Waals surface area contributed by atoms with E-state index in [0.29, 0.717) is 5.70 Å². The molecule has 0 aliphatic carbocycles. The van der Waals surface area contributed by atoms with E-state index in [1.807, 2.05) is 18.2 Å². The van der Waals surface area contributed by atoms with Gasteiger partial charge in [0.05, 0.1) is 7.11 Å². The van der Waals surface area contributed by atoms with E-state index >= 15 is 0 Å². The van der Waals surface area contributed by atoms with Crippen LogP contribution in [0.4, 0.5) is 0 Å². The van der Waals surface area contributed by atoms with Crippen LogP contribution >= 0.6 is 0 Å². The van der Waals surface area contributed by atoms with Crippen LogP contribution in [0.5, 0.6) is 0 Å². The van der Waals surface area contributed by atoms with Crippen molar-refractivity contribution < 1.29 is 14.3 Å². The Morgan fingerprint density at radius 3 is 2.50 bits per heavy atom. The van der Waals surface area contributed by atoms with E-state index in [-0.39, 0.29) is 12.2 Å². The Labute approximate surface area is 93.7 Å². The highest BCUT2D eigenvalue weighted by atomic mass is 16.5. The van der Waals surface area contributed by atoms with Gasteiger partial charge in [-0.15, -0.1) is 0 Å². The lowest BCUT2D eigenvalue weighted by Gasteiger charge is -2.00. The van der Waals surface area contributed by atoms with Crippen LogP contribution in [0.15, 0.2) is 36.4 Å². The second kappa shape index (κ2) is 5.70. The van der Waals surface area contributed by atoms with Crippen LogP contribution in [0.3, 0.4) is 0 Å². The average molecular weight is 219 g/mol. The van der Waals surface area contributed by atoms with Crippen molar-refractivity contribution in [2.45, 2.75) is 6.42 Å². The van der Waals surface area contributed by atoms with Gasteiger partial charge in [-0.1, -0.05) is 30.3 Å². The lowest BCUT2D eigenvalue weighted by molar-refractivity contribution is -0.142. The Kier molecular flexibility index (Phi) is 4.27. The summed E-state index contributed by atoms with van der Waals surface area (Å²) in [6.07, 6.45) is 0.955. The second-order valence-electron chi connectivity index (χ2n) is 3.18. The van der Waals surface area contributed by atoms with Crippen molar-refractivity contribution in [1.82, 2.24) is 0 Å². The summed E-state index contributed by atoms with van der Waals surface area (Å²) in [5.74, 6) is -0.935. The molecule has 4 nitrogen and oxygen atoms in total. The monoisotopic (exact) mass is 219 g/mol. The molecule has 0 unspecified atom stereocenters. The van der Waals surface area contributed by atoms with Crippen molar-refractivity contribution in [1.29, 1.82) is 0 Å². The van der Waals surface area contributed by atoms with Crippen LogP contribution < -0.4 is 5.73 Å². The van der Waals surface area contributed by atoms with Crippen molar-refractivity contribution >= 4 is 17.4 Å². The quantitative estimate of drug-likeness (QED) is 0.468. The number of methoxy groups -OCH3 is 1. The molecule has 0 spiro atoms. The number of esters is 1. The molecule has 0 aromatic heterocycles. The highest BCUT2D eigenvalue weighted by Crippen LogP contribution is 2.08. The number of ketones is 1. The lowest BCUT2D eigenvalue weighted by Crippen LogP contribution is -2.09. The van der Waals surface area contributed by atoms with E-state index < -0.39 is 5.97 Å². The maximum atomic E-state index is 11.3. The Bertz CT molecular complexity index is 410. The summed E-state index contributed by atoms with van der Waals surface area (Å²) in [6, 6.07) is 9.07. The van der Waals surface area contributed by atoms with Crippen molar-refractivity contribution in [2.75, 3.05) is 7.11 Å². The molecule has 2 N–H and O–H groups in total. The van der Waals surface area contributed by atoms with Gasteiger partial charge in [-0.05, 0) is 5.56 Å². The summed E-state index contributed by atoms with van der Waals surface area (Å²) in [4.78, 5) is 22.2. The molecule has 0 saturated carbocycles. The standard InChI is InChI=1S/C12H13NO3/c1-16-12(15)8-10(14)7-11(13)9-5-3-2-4-6-9/h2-7H,8,13H2,1H3/b11-7-.